The van der Waals surface area contributed by atoms with Crippen LogP contribution in [-0.2, 0) is 74.2 Å². The number of carbonyl (C=O) groups excluding carboxylic acids is 1. The van der Waals surface area contributed by atoms with Gasteiger partial charge in [-0.2, -0.15) is 0 Å². The molecular formula is C65H74O12. The van der Waals surface area contributed by atoms with Gasteiger partial charge in [-0.3, -0.25) is 14.4 Å². The van der Waals surface area contributed by atoms with Gasteiger partial charge in [-0.05, 0) is 96.5 Å². The van der Waals surface area contributed by atoms with Gasteiger partial charge in [0.15, 0.2) is 5.78 Å². The summed E-state index contributed by atoms with van der Waals surface area (Å²) in [6.45, 7) is 3.32. The maximum Gasteiger partial charge on any atom is 0.303 e. The van der Waals surface area contributed by atoms with Gasteiger partial charge in [0, 0.05) is 36.7 Å². The number of carboxylic acids is 2. The Bertz CT molecular complexity index is 2580. The van der Waals surface area contributed by atoms with Crippen LogP contribution in [0, 0.1) is 17.3 Å². The summed E-state index contributed by atoms with van der Waals surface area (Å²) in [6.07, 6.45) is 4.71. The second-order valence-corrected chi connectivity index (χ2v) is 20.3. The van der Waals surface area contributed by atoms with Crippen LogP contribution in [-0.4, -0.2) is 73.2 Å². The molecule has 0 aromatic heterocycles. The van der Waals surface area contributed by atoms with Gasteiger partial charge in [0.2, 0.25) is 0 Å². The molecule has 0 bridgehead atoms. The molecule has 0 amide bonds. The van der Waals surface area contributed by atoms with Crippen LogP contribution in [0.25, 0.3) is 0 Å². The highest BCUT2D eigenvalue weighted by Gasteiger charge is 2.68. The first kappa shape index (κ1) is 56.4. The number of fused-ring (bicyclic) bond motifs is 2. The SMILES string of the molecule is CCCc1c(OCCCOc2cccc3c2CCCC3)ccc2c1OC(CCC(=O)O)(CCC(=O)O)C(C(COCc1ccccc1)COCc1ccccc1)(C(COCc1ccccc1)COCc1ccccc1)C2=O. The van der Waals surface area contributed by atoms with Gasteiger partial charge in [-0.15, -0.1) is 0 Å². The number of ether oxygens (including phenoxy) is 7. The molecule has 6 aromatic rings. The van der Waals surface area contributed by atoms with Crippen molar-refractivity contribution in [3.05, 3.63) is 196 Å². The van der Waals surface area contributed by atoms with Crippen molar-refractivity contribution in [3.8, 4) is 17.2 Å². The zero-order valence-corrected chi connectivity index (χ0v) is 44.4. The predicted molar refractivity (Wildman–Crippen MR) is 294 cm³/mol. The molecule has 0 fully saturated rings. The lowest BCUT2D eigenvalue weighted by Crippen LogP contribution is -2.69. The molecule has 2 aliphatic rings. The van der Waals surface area contributed by atoms with Crippen molar-refractivity contribution in [3.63, 3.8) is 0 Å². The summed E-state index contributed by atoms with van der Waals surface area (Å²) in [5.41, 5.74) is 3.55. The van der Waals surface area contributed by atoms with E-state index in [2.05, 4.69) is 12.1 Å². The molecule has 0 saturated heterocycles. The van der Waals surface area contributed by atoms with Crippen LogP contribution in [0.3, 0.4) is 0 Å². The number of Topliss-reactive ketones (excluding diaryl/α,β-unsaturated/α-hetero) is 1. The summed E-state index contributed by atoms with van der Waals surface area (Å²) in [4.78, 5) is 43.2. The summed E-state index contributed by atoms with van der Waals surface area (Å²) >= 11 is 0. The van der Waals surface area contributed by atoms with E-state index < -0.39 is 47.6 Å². The topological polar surface area (TPSA) is 156 Å². The number of aryl methyl sites for hydroxylation is 1. The Morgan fingerprint density at radius 2 is 1.01 bits per heavy atom. The van der Waals surface area contributed by atoms with Crippen molar-refractivity contribution in [1.82, 2.24) is 0 Å². The summed E-state index contributed by atoms with van der Waals surface area (Å²) in [5, 5.41) is 21.4. The highest BCUT2D eigenvalue weighted by molar-refractivity contribution is 6.06. The number of benzene rings is 6. The first-order chi connectivity index (χ1) is 37.7. The Morgan fingerprint density at radius 3 is 1.47 bits per heavy atom. The Hall–Kier alpha value is -6.83. The number of rotatable bonds is 32. The minimum atomic E-state index is -1.81. The predicted octanol–water partition coefficient (Wildman–Crippen LogP) is 12.5. The Labute approximate surface area is 453 Å². The molecule has 1 heterocycles. The Kier molecular flexibility index (Phi) is 20.9. The molecule has 0 atom stereocenters. The molecule has 12 nitrogen and oxygen atoms in total. The second-order valence-electron chi connectivity index (χ2n) is 20.3. The van der Waals surface area contributed by atoms with Gasteiger partial charge in [-0.1, -0.05) is 147 Å². The van der Waals surface area contributed by atoms with Crippen molar-refractivity contribution >= 4 is 17.7 Å². The van der Waals surface area contributed by atoms with E-state index in [1.807, 2.05) is 140 Å². The largest absolute Gasteiger partial charge is 0.493 e. The summed E-state index contributed by atoms with van der Waals surface area (Å²) in [7, 11) is 0. The summed E-state index contributed by atoms with van der Waals surface area (Å²) in [6, 6.07) is 48.7. The number of carboxylic acid groups (broad SMARTS) is 2. The van der Waals surface area contributed by atoms with Crippen LogP contribution in [0.4, 0.5) is 0 Å². The van der Waals surface area contributed by atoms with Crippen molar-refractivity contribution in [1.29, 1.82) is 0 Å². The lowest BCUT2D eigenvalue weighted by Gasteiger charge is -2.59. The molecule has 0 saturated carbocycles. The number of hydrogen-bond donors (Lipinski definition) is 2. The standard InChI is InChI=1S/C65H74O12/c1-2-19-56-59(76-39-18-38-75-58-31-17-29-52-28-15-16-30-55(52)58)33-32-57-62(56)77-64(36-34-60(66)67,37-35-61(68)69)65(63(57)70,53(44-71-40-48-20-7-3-8-21-48)45-72-41-49-22-9-4-10-23-49)54(46-73-42-50-24-11-5-12-25-50)47-74-43-51-26-13-6-14-27-51/h3-14,17,20-27,29,31-33,53-54H,2,15-16,18-19,28,30,34-47H2,1H3,(H,66,67)(H,68,69). The quantitative estimate of drug-likeness (QED) is 0.0386. The van der Waals surface area contributed by atoms with Crippen LogP contribution >= 0.6 is 0 Å². The summed E-state index contributed by atoms with van der Waals surface area (Å²) in [5.74, 6) is -2.68. The lowest BCUT2D eigenvalue weighted by atomic mass is 9.50. The molecule has 0 unspecified atom stereocenters. The fourth-order valence-electron chi connectivity index (χ4n) is 11.4. The third kappa shape index (κ3) is 14.6. The molecule has 1 aliphatic carbocycles. The fourth-order valence-corrected chi connectivity index (χ4v) is 11.4. The van der Waals surface area contributed by atoms with E-state index in [0.29, 0.717) is 43.8 Å². The van der Waals surface area contributed by atoms with Crippen LogP contribution in [0.15, 0.2) is 152 Å². The highest BCUT2D eigenvalue weighted by Crippen LogP contribution is 2.60. The van der Waals surface area contributed by atoms with Gasteiger partial charge in [0.25, 0.3) is 0 Å². The van der Waals surface area contributed by atoms with Crippen LogP contribution in [0.2, 0.25) is 0 Å². The zero-order chi connectivity index (χ0) is 53.7. The van der Waals surface area contributed by atoms with Gasteiger partial charge >= 0.3 is 11.9 Å². The smallest absolute Gasteiger partial charge is 0.303 e. The fraction of sp³-hybridized carbons (Fsp3) is 0.400. The van der Waals surface area contributed by atoms with Crippen LogP contribution < -0.4 is 14.2 Å². The van der Waals surface area contributed by atoms with Gasteiger partial charge in [0.05, 0.1) is 77.0 Å². The molecule has 2 N–H and O–H groups in total. The third-order valence-corrected chi connectivity index (χ3v) is 15.0. The molecule has 0 radical (unpaired) electrons. The van der Waals surface area contributed by atoms with E-state index >= 15 is 4.79 Å². The molecule has 0 spiro atoms. The van der Waals surface area contributed by atoms with E-state index in [9.17, 15) is 19.8 Å². The second kappa shape index (κ2) is 28.5. The minimum Gasteiger partial charge on any atom is -0.493 e. The van der Waals surface area contributed by atoms with Gasteiger partial charge in [0.1, 0.15) is 22.8 Å². The molecule has 1 aliphatic heterocycles. The normalized spacial score (nSPS) is 14.4. The van der Waals surface area contributed by atoms with Crippen LogP contribution in [0.1, 0.15) is 108 Å². The van der Waals surface area contributed by atoms with Crippen molar-refractivity contribution in [2.75, 3.05) is 39.6 Å². The molecule has 6 aromatic carbocycles. The monoisotopic (exact) mass is 1050 g/mol. The van der Waals surface area contributed by atoms with Gasteiger partial charge < -0.3 is 43.4 Å². The number of ketones is 1. The molecule has 77 heavy (non-hydrogen) atoms. The third-order valence-electron chi connectivity index (χ3n) is 15.0. The maximum atomic E-state index is 17.0. The molecule has 8 rings (SSSR count). The highest BCUT2D eigenvalue weighted by atomic mass is 16.5. The van der Waals surface area contributed by atoms with Crippen LogP contribution in [0.5, 0.6) is 17.2 Å². The first-order valence-electron chi connectivity index (χ1n) is 27.4. The van der Waals surface area contributed by atoms with Crippen molar-refractivity contribution in [2.24, 2.45) is 17.3 Å². The average molecular weight is 1050 g/mol. The number of aliphatic carboxylic acids is 2. The lowest BCUT2D eigenvalue weighted by molar-refractivity contribution is -0.178. The van der Waals surface area contributed by atoms with E-state index in [-0.39, 0.29) is 82.8 Å². The van der Waals surface area contributed by atoms with E-state index in [1.54, 1.807) is 6.07 Å². The van der Waals surface area contributed by atoms with Gasteiger partial charge in [-0.25, -0.2) is 0 Å². The number of carbonyl (C=O) groups is 3. The first-order valence-corrected chi connectivity index (χ1v) is 27.4. The Balaban J connectivity index is 1.25. The molecular weight excluding hydrogens is 973 g/mol. The van der Waals surface area contributed by atoms with E-state index in [4.69, 9.17) is 33.2 Å². The summed E-state index contributed by atoms with van der Waals surface area (Å²) < 4.78 is 47.4. The van der Waals surface area contributed by atoms with Crippen molar-refractivity contribution < 1.29 is 57.8 Å². The van der Waals surface area contributed by atoms with E-state index in [1.165, 1.54) is 17.5 Å². The van der Waals surface area contributed by atoms with E-state index in [0.717, 1.165) is 47.3 Å². The minimum absolute atomic E-state index is 0.0548. The van der Waals surface area contributed by atoms with Crippen molar-refractivity contribution in [2.45, 2.75) is 110 Å². The maximum absolute atomic E-state index is 17.0. The Morgan fingerprint density at radius 1 is 0.558 bits per heavy atom. The molecule has 406 valence electrons. The number of hydrogen-bond acceptors (Lipinski definition) is 10. The molecule has 12 heteroatoms. The average Bonchev–Trinajstić information content (AvgIpc) is 3.60. The zero-order valence-electron chi connectivity index (χ0n) is 44.4.